The fraction of sp³-hybridized carbons (Fsp3) is 0.389. The molecule has 2 N–H and O–H groups in total. The first-order valence-corrected chi connectivity index (χ1v) is 10.2. The molecule has 0 saturated carbocycles. The fourth-order valence-electron chi connectivity index (χ4n) is 3.52. The monoisotopic (exact) mass is 360 g/mol. The highest BCUT2D eigenvalue weighted by Crippen LogP contribution is 2.59. The Morgan fingerprint density at radius 3 is 2.71 bits per heavy atom. The number of para-hydroxylation sites is 1. The Kier molecular flexibility index (Phi) is 4.26. The van der Waals surface area contributed by atoms with Gasteiger partial charge in [-0.25, -0.2) is 0 Å². The number of hydrazine groups is 1. The quantitative estimate of drug-likeness (QED) is 0.799. The Balaban J connectivity index is 1.58. The van der Waals surface area contributed by atoms with Gasteiger partial charge in [0.15, 0.2) is 5.76 Å². The number of hydrogen-bond acceptors (Lipinski definition) is 5. The zero-order valence-electron chi connectivity index (χ0n) is 13.6. The summed E-state index contributed by atoms with van der Waals surface area (Å²) in [4.78, 5) is 12.6. The van der Waals surface area contributed by atoms with Gasteiger partial charge in [-0.2, -0.15) is 0 Å². The number of nitrogens with one attached hydrogen (secondary N) is 2. The van der Waals surface area contributed by atoms with Crippen molar-refractivity contribution in [2.75, 3.05) is 16.9 Å². The number of carbonyl (C=O) groups excluding carboxylic acids is 1. The minimum Gasteiger partial charge on any atom is -0.455 e. The number of carbonyl (C=O) groups is 1. The molecule has 0 radical (unpaired) electrons. The van der Waals surface area contributed by atoms with E-state index >= 15 is 0 Å². The molecule has 126 valence electrons. The van der Waals surface area contributed by atoms with Gasteiger partial charge in [0.2, 0.25) is 0 Å². The number of aryl methyl sites for hydroxylation is 1. The smallest absolute Gasteiger partial charge is 0.305 e. The van der Waals surface area contributed by atoms with Crippen molar-refractivity contribution < 1.29 is 9.21 Å². The first kappa shape index (κ1) is 16.0. The maximum atomic E-state index is 12.6. The molecular weight excluding hydrogens is 340 g/mol. The van der Waals surface area contributed by atoms with Crippen LogP contribution < -0.4 is 10.9 Å². The molecule has 0 bridgehead atoms. The van der Waals surface area contributed by atoms with E-state index in [1.54, 1.807) is 0 Å². The topological polar surface area (TPSA) is 54.3 Å². The van der Waals surface area contributed by atoms with Crippen LogP contribution in [0, 0.1) is 6.92 Å². The summed E-state index contributed by atoms with van der Waals surface area (Å²) in [5.41, 5.74) is 8.80. The Bertz CT molecular complexity index is 752. The van der Waals surface area contributed by atoms with Gasteiger partial charge in [-0.15, -0.1) is 23.5 Å². The van der Waals surface area contributed by atoms with Crippen LogP contribution in [0.3, 0.4) is 0 Å². The van der Waals surface area contributed by atoms with Crippen molar-refractivity contribution in [3.63, 3.8) is 0 Å². The van der Waals surface area contributed by atoms with Crippen LogP contribution in [0.4, 0.5) is 5.69 Å². The second kappa shape index (κ2) is 6.41. The highest BCUT2D eigenvalue weighted by Gasteiger charge is 2.45. The van der Waals surface area contributed by atoms with Gasteiger partial charge in [0.1, 0.15) is 5.76 Å². The lowest BCUT2D eigenvalue weighted by Crippen LogP contribution is -2.29. The number of anilines is 1. The van der Waals surface area contributed by atoms with Crippen molar-refractivity contribution in [3.8, 4) is 0 Å². The van der Waals surface area contributed by atoms with Crippen molar-refractivity contribution in [2.45, 2.75) is 30.3 Å². The lowest BCUT2D eigenvalue weighted by atomic mass is 9.94. The molecular formula is C18H20N2O2S2. The molecule has 2 aliphatic rings. The van der Waals surface area contributed by atoms with E-state index in [1.165, 1.54) is 23.5 Å². The molecule has 2 heterocycles. The summed E-state index contributed by atoms with van der Waals surface area (Å²) in [5.74, 6) is 3.58. The van der Waals surface area contributed by atoms with Crippen LogP contribution >= 0.6 is 23.5 Å². The van der Waals surface area contributed by atoms with Crippen molar-refractivity contribution in [3.05, 3.63) is 53.0 Å². The molecule has 1 aromatic heterocycles. The third-order valence-electron chi connectivity index (χ3n) is 4.56. The van der Waals surface area contributed by atoms with Crippen molar-refractivity contribution in [2.24, 2.45) is 0 Å². The van der Waals surface area contributed by atoms with E-state index in [9.17, 15) is 4.79 Å². The molecule has 24 heavy (non-hydrogen) atoms. The van der Waals surface area contributed by atoms with Crippen molar-refractivity contribution in [1.82, 2.24) is 5.43 Å². The van der Waals surface area contributed by atoms with Gasteiger partial charge in [-0.1, -0.05) is 18.2 Å². The lowest BCUT2D eigenvalue weighted by molar-refractivity contribution is 0.0932. The molecule has 1 aromatic carbocycles. The second-order valence-electron chi connectivity index (χ2n) is 6.10. The maximum absolute atomic E-state index is 12.6. The maximum Gasteiger partial charge on any atom is 0.305 e. The van der Waals surface area contributed by atoms with Crippen LogP contribution in [0.2, 0.25) is 0 Å². The molecule has 1 fully saturated rings. The highest BCUT2D eigenvalue weighted by atomic mass is 32.2. The van der Waals surface area contributed by atoms with Crippen LogP contribution in [0.15, 0.2) is 34.7 Å². The second-order valence-corrected chi connectivity index (χ2v) is 9.15. The molecule has 1 aliphatic carbocycles. The number of thioether (sulfide) groups is 2. The van der Waals surface area contributed by atoms with Crippen molar-refractivity contribution >= 4 is 35.1 Å². The summed E-state index contributed by atoms with van der Waals surface area (Å²) in [5, 5.41) is 0. The van der Waals surface area contributed by atoms with E-state index < -0.39 is 0 Å². The van der Waals surface area contributed by atoms with Gasteiger partial charge in [-0.05, 0) is 31.9 Å². The number of benzene rings is 1. The van der Waals surface area contributed by atoms with Gasteiger partial charge in [0.25, 0.3) is 0 Å². The third-order valence-corrected chi connectivity index (χ3v) is 8.10. The minimum atomic E-state index is -0.214. The standard InChI is InChI=1S/C18H20N2O2S2/c1-12-15-14(8-5-9-18(15)23-10-11-24-18)22-16(12)17(21)20-19-13-6-3-2-4-7-13/h2-4,6-7,19H,5,8-11H2,1H3,(H,20,21). The van der Waals surface area contributed by atoms with Gasteiger partial charge >= 0.3 is 5.91 Å². The normalized spacial score (nSPS) is 18.4. The summed E-state index contributed by atoms with van der Waals surface area (Å²) in [6.45, 7) is 2.02. The summed E-state index contributed by atoms with van der Waals surface area (Å²) in [7, 11) is 0. The molecule has 0 unspecified atom stereocenters. The largest absolute Gasteiger partial charge is 0.455 e. The van der Waals surface area contributed by atoms with E-state index in [0.717, 1.165) is 29.9 Å². The summed E-state index contributed by atoms with van der Waals surface area (Å²) in [6, 6.07) is 9.59. The molecule has 6 heteroatoms. The zero-order valence-corrected chi connectivity index (χ0v) is 15.2. The summed E-state index contributed by atoms with van der Waals surface area (Å²) >= 11 is 4.03. The Hall–Kier alpha value is -1.53. The van der Waals surface area contributed by atoms with E-state index in [-0.39, 0.29) is 9.99 Å². The van der Waals surface area contributed by atoms with Crippen LogP contribution in [-0.4, -0.2) is 17.4 Å². The van der Waals surface area contributed by atoms with E-state index in [2.05, 4.69) is 10.9 Å². The zero-order chi connectivity index (χ0) is 16.6. The Labute approximate surface area is 150 Å². The van der Waals surface area contributed by atoms with Crippen LogP contribution in [-0.2, 0) is 10.5 Å². The van der Waals surface area contributed by atoms with Gasteiger partial charge in [-0.3, -0.25) is 15.6 Å². The average molecular weight is 361 g/mol. The molecule has 1 saturated heterocycles. The number of furan rings is 1. The van der Waals surface area contributed by atoms with Crippen LogP contribution in [0.1, 0.15) is 40.3 Å². The Morgan fingerprint density at radius 2 is 1.96 bits per heavy atom. The SMILES string of the molecule is Cc1c(C(=O)NNc2ccccc2)oc2c1C1(CCC2)SCCS1. The van der Waals surface area contributed by atoms with Gasteiger partial charge < -0.3 is 4.42 Å². The number of fused-ring (bicyclic) bond motifs is 2. The average Bonchev–Trinajstić information content (AvgIpc) is 3.20. The predicted octanol–water partition coefficient (Wildman–Crippen LogP) is 4.31. The summed E-state index contributed by atoms with van der Waals surface area (Å²) < 4.78 is 6.10. The molecule has 0 atom stereocenters. The van der Waals surface area contributed by atoms with Crippen LogP contribution in [0.25, 0.3) is 0 Å². The predicted molar refractivity (Wildman–Crippen MR) is 101 cm³/mol. The van der Waals surface area contributed by atoms with Gasteiger partial charge in [0.05, 0.1) is 9.77 Å². The number of amides is 1. The van der Waals surface area contributed by atoms with Gasteiger partial charge in [0, 0.05) is 29.1 Å². The lowest BCUT2D eigenvalue weighted by Gasteiger charge is -2.31. The number of rotatable bonds is 3. The molecule has 1 aliphatic heterocycles. The molecule has 4 nitrogen and oxygen atoms in total. The molecule has 2 aromatic rings. The van der Waals surface area contributed by atoms with E-state index in [4.69, 9.17) is 4.42 Å². The molecule has 4 rings (SSSR count). The fourth-order valence-corrected chi connectivity index (χ4v) is 7.08. The van der Waals surface area contributed by atoms with Crippen molar-refractivity contribution in [1.29, 1.82) is 0 Å². The molecule has 1 amide bonds. The van der Waals surface area contributed by atoms with E-state index in [1.807, 2.05) is 60.8 Å². The first-order valence-electron chi connectivity index (χ1n) is 8.22. The number of hydrogen-bond donors (Lipinski definition) is 2. The third kappa shape index (κ3) is 2.71. The molecule has 1 spiro atoms. The summed E-state index contributed by atoms with van der Waals surface area (Å²) in [6.07, 6.45) is 3.22. The highest BCUT2D eigenvalue weighted by molar-refractivity contribution is 8.20. The van der Waals surface area contributed by atoms with E-state index in [0.29, 0.717) is 5.76 Å². The van der Waals surface area contributed by atoms with Crippen LogP contribution in [0.5, 0.6) is 0 Å². The minimum absolute atomic E-state index is 0.104. The first-order chi connectivity index (χ1) is 11.7. The Morgan fingerprint density at radius 1 is 1.21 bits per heavy atom.